The molecule has 2 saturated carbocycles. The molecular weight excluding hydrogens is 333 g/mol. The monoisotopic (exact) mass is 352 g/mol. The summed E-state index contributed by atoms with van der Waals surface area (Å²) in [7, 11) is 1.74. The predicted molar refractivity (Wildman–Crippen MR) is 86.1 cm³/mol. The van der Waals surface area contributed by atoms with Crippen molar-refractivity contribution in [2.75, 3.05) is 11.1 Å². The van der Waals surface area contributed by atoms with Crippen molar-refractivity contribution in [3.05, 3.63) is 23.7 Å². The zero-order chi connectivity index (χ0) is 17.8. The van der Waals surface area contributed by atoms with E-state index in [1.165, 1.54) is 0 Å². The molecule has 0 spiro atoms. The molecule has 2 fully saturated rings. The highest BCUT2D eigenvalue weighted by molar-refractivity contribution is 5.56. The van der Waals surface area contributed by atoms with Gasteiger partial charge in [0.1, 0.15) is 11.4 Å². The van der Waals surface area contributed by atoms with Crippen LogP contribution in [0.2, 0.25) is 0 Å². The molecule has 0 amide bonds. The molecule has 9 heteroatoms. The molecule has 6 nitrogen and oxygen atoms in total. The van der Waals surface area contributed by atoms with Gasteiger partial charge in [-0.15, -0.1) is 0 Å². The minimum atomic E-state index is -4.56. The van der Waals surface area contributed by atoms with Gasteiger partial charge < -0.3 is 11.1 Å². The number of hydrogen-bond acceptors (Lipinski definition) is 5. The molecule has 3 atom stereocenters. The Bertz CT molecular complexity index is 800. The lowest BCUT2D eigenvalue weighted by atomic mass is 9.84. The summed E-state index contributed by atoms with van der Waals surface area (Å²) in [6.07, 6.45) is 2.47. The Morgan fingerprint density at radius 1 is 1.24 bits per heavy atom. The van der Waals surface area contributed by atoms with E-state index in [9.17, 15) is 13.2 Å². The molecule has 2 aromatic heterocycles. The van der Waals surface area contributed by atoms with Crippen LogP contribution in [-0.2, 0) is 13.2 Å². The topological polar surface area (TPSA) is 81.7 Å². The number of aryl methyl sites for hydroxylation is 1. The fraction of sp³-hybridized carbons (Fsp3) is 0.562. The summed E-state index contributed by atoms with van der Waals surface area (Å²) in [5, 5.41) is 6.91. The molecule has 0 aromatic carbocycles. The van der Waals surface area contributed by atoms with Crippen LogP contribution in [0.5, 0.6) is 0 Å². The average molecular weight is 352 g/mol. The molecule has 25 heavy (non-hydrogen) atoms. The number of nitrogens with zero attached hydrogens (tertiary/aromatic N) is 4. The van der Waals surface area contributed by atoms with Crippen LogP contribution < -0.4 is 11.1 Å². The number of alkyl halides is 3. The second-order valence-corrected chi connectivity index (χ2v) is 7.00. The summed E-state index contributed by atoms with van der Waals surface area (Å²) >= 11 is 0. The van der Waals surface area contributed by atoms with Gasteiger partial charge in [0.15, 0.2) is 0 Å². The Morgan fingerprint density at radius 3 is 2.60 bits per heavy atom. The number of halogens is 3. The van der Waals surface area contributed by atoms with Gasteiger partial charge >= 0.3 is 6.18 Å². The van der Waals surface area contributed by atoms with E-state index < -0.39 is 17.6 Å². The van der Waals surface area contributed by atoms with Crippen LogP contribution in [0.4, 0.5) is 30.6 Å². The minimum Gasteiger partial charge on any atom is -0.383 e. The second-order valence-electron chi connectivity index (χ2n) is 7.00. The molecule has 2 aliphatic carbocycles. The van der Waals surface area contributed by atoms with Crippen molar-refractivity contribution in [2.24, 2.45) is 18.9 Å². The number of aromatic nitrogens is 4. The van der Waals surface area contributed by atoms with Crippen molar-refractivity contribution < 1.29 is 13.2 Å². The molecule has 0 saturated heterocycles. The van der Waals surface area contributed by atoms with Crippen molar-refractivity contribution in [3.63, 3.8) is 0 Å². The van der Waals surface area contributed by atoms with Crippen LogP contribution in [0, 0.1) is 11.8 Å². The van der Waals surface area contributed by atoms with Crippen LogP contribution in [0.25, 0.3) is 0 Å². The Kier molecular flexibility index (Phi) is 3.62. The molecule has 2 heterocycles. The van der Waals surface area contributed by atoms with Crippen molar-refractivity contribution in [1.29, 1.82) is 0 Å². The van der Waals surface area contributed by atoms with Crippen molar-refractivity contribution in [3.8, 4) is 0 Å². The zero-order valence-corrected chi connectivity index (χ0v) is 13.7. The number of rotatable bonds is 3. The van der Waals surface area contributed by atoms with Crippen LogP contribution >= 0.6 is 0 Å². The van der Waals surface area contributed by atoms with Gasteiger partial charge in [0.2, 0.25) is 5.95 Å². The molecule has 2 aromatic rings. The number of nitrogens with two attached hydrogens (primary N) is 1. The van der Waals surface area contributed by atoms with E-state index in [-0.39, 0.29) is 23.5 Å². The normalized spacial score (nSPS) is 25.5. The maximum Gasteiger partial charge on any atom is 0.421 e. The number of nitrogen functional groups attached to an aromatic ring is 1. The Labute approximate surface area is 142 Å². The van der Waals surface area contributed by atoms with Crippen molar-refractivity contribution in [2.45, 2.75) is 37.8 Å². The van der Waals surface area contributed by atoms with E-state index in [2.05, 4.69) is 20.4 Å². The Morgan fingerprint density at radius 2 is 2.04 bits per heavy atom. The van der Waals surface area contributed by atoms with Crippen molar-refractivity contribution in [1.82, 2.24) is 19.7 Å². The summed E-state index contributed by atoms with van der Waals surface area (Å²) in [4.78, 5) is 8.08. The molecular formula is C16H19F3N6. The van der Waals surface area contributed by atoms with Gasteiger partial charge in [-0.3, -0.25) is 4.68 Å². The molecule has 2 bridgehead atoms. The van der Waals surface area contributed by atoms with E-state index in [0.29, 0.717) is 11.6 Å². The van der Waals surface area contributed by atoms with Gasteiger partial charge in [-0.05, 0) is 31.1 Å². The summed E-state index contributed by atoms with van der Waals surface area (Å²) < 4.78 is 42.3. The van der Waals surface area contributed by atoms with E-state index in [1.54, 1.807) is 24.1 Å². The maximum absolute atomic E-state index is 13.6. The first-order valence-electron chi connectivity index (χ1n) is 8.31. The largest absolute Gasteiger partial charge is 0.421 e. The molecule has 134 valence electrons. The fourth-order valence-corrected chi connectivity index (χ4v) is 4.31. The lowest BCUT2D eigenvalue weighted by Crippen LogP contribution is -2.21. The Balaban J connectivity index is 1.75. The van der Waals surface area contributed by atoms with Gasteiger partial charge in [0.25, 0.3) is 0 Å². The molecule has 4 rings (SSSR count). The fourth-order valence-electron chi connectivity index (χ4n) is 4.31. The molecule has 0 radical (unpaired) electrons. The summed E-state index contributed by atoms with van der Waals surface area (Å²) in [6, 6.07) is 0. The van der Waals surface area contributed by atoms with Gasteiger partial charge in [-0.2, -0.15) is 23.3 Å². The summed E-state index contributed by atoms with van der Waals surface area (Å²) in [6.45, 7) is 0. The van der Waals surface area contributed by atoms with Gasteiger partial charge in [-0.1, -0.05) is 6.42 Å². The molecule has 3 N–H and O–H groups in total. The third-order valence-corrected chi connectivity index (χ3v) is 5.30. The number of fused-ring (bicyclic) bond motifs is 2. The molecule has 0 aliphatic heterocycles. The standard InChI is InChI=1S/C16H19F3N6/c1-25-7-10(6-21-25)22-15-23-13(11-5-8-2-3-9(11)4-8)12(14(20)24-15)16(17,18)19/h6-9,11H,2-5H2,1H3,(H3,20,22,23,24)/t8-,9+,11+/m0/s1. The van der Waals surface area contributed by atoms with E-state index in [1.807, 2.05) is 0 Å². The first-order valence-corrected chi connectivity index (χ1v) is 8.31. The van der Waals surface area contributed by atoms with Crippen LogP contribution in [0.3, 0.4) is 0 Å². The molecule has 2 aliphatic rings. The smallest absolute Gasteiger partial charge is 0.383 e. The van der Waals surface area contributed by atoms with Gasteiger partial charge in [-0.25, -0.2) is 4.98 Å². The number of nitrogens with one attached hydrogen (secondary N) is 1. The number of hydrogen-bond donors (Lipinski definition) is 2. The Hall–Kier alpha value is -2.32. The third kappa shape index (κ3) is 2.91. The van der Waals surface area contributed by atoms with Gasteiger partial charge in [0, 0.05) is 19.2 Å². The highest BCUT2D eigenvalue weighted by atomic mass is 19.4. The van der Waals surface area contributed by atoms with E-state index in [0.717, 1.165) is 25.7 Å². The lowest BCUT2D eigenvalue weighted by molar-refractivity contribution is -0.138. The first kappa shape index (κ1) is 16.2. The molecule has 0 unspecified atom stereocenters. The minimum absolute atomic E-state index is 0.0404. The predicted octanol–water partition coefficient (Wildman–Crippen LogP) is 3.46. The van der Waals surface area contributed by atoms with Crippen molar-refractivity contribution >= 4 is 17.5 Å². The van der Waals surface area contributed by atoms with Crippen LogP contribution in [-0.4, -0.2) is 19.7 Å². The zero-order valence-electron chi connectivity index (χ0n) is 13.7. The van der Waals surface area contributed by atoms with E-state index in [4.69, 9.17) is 5.73 Å². The average Bonchev–Trinajstić information content (AvgIpc) is 3.22. The highest BCUT2D eigenvalue weighted by Crippen LogP contribution is 2.54. The van der Waals surface area contributed by atoms with Crippen LogP contribution in [0.15, 0.2) is 12.4 Å². The van der Waals surface area contributed by atoms with Gasteiger partial charge in [0.05, 0.1) is 17.6 Å². The summed E-state index contributed by atoms with van der Waals surface area (Å²) in [5.74, 6) is 0.117. The maximum atomic E-state index is 13.6. The number of anilines is 3. The summed E-state index contributed by atoms with van der Waals surface area (Å²) in [5.41, 5.74) is 5.47. The first-order chi connectivity index (χ1) is 11.8. The quantitative estimate of drug-likeness (QED) is 0.884. The second kappa shape index (κ2) is 5.60. The third-order valence-electron chi connectivity index (χ3n) is 5.30. The SMILES string of the molecule is Cn1cc(Nc2nc(N)c(C(F)(F)F)c([C@@H]3C[C@H]4CC[C@@H]3C4)n2)cn1. The van der Waals surface area contributed by atoms with E-state index >= 15 is 0 Å². The highest BCUT2D eigenvalue weighted by Gasteiger charge is 2.46. The lowest BCUT2D eigenvalue weighted by Gasteiger charge is -2.25. The van der Waals surface area contributed by atoms with Crippen LogP contribution in [0.1, 0.15) is 42.9 Å².